The van der Waals surface area contributed by atoms with Crippen LogP contribution in [0.25, 0.3) is 0 Å². The van der Waals surface area contributed by atoms with Gasteiger partial charge in [0.1, 0.15) is 0 Å². The summed E-state index contributed by atoms with van der Waals surface area (Å²) in [6.45, 7) is 6.43. The van der Waals surface area contributed by atoms with Crippen LogP contribution < -0.4 is 0 Å². The largest absolute Gasteiger partial charge is 0.123 e. The van der Waals surface area contributed by atoms with Crippen LogP contribution in [0, 0.1) is 12.8 Å². The fourth-order valence-electron chi connectivity index (χ4n) is 1.77. The van der Waals surface area contributed by atoms with Crippen molar-refractivity contribution in [3.63, 3.8) is 0 Å². The number of aryl methyl sites for hydroxylation is 1. The molecule has 0 aliphatic rings. The van der Waals surface area contributed by atoms with Crippen LogP contribution in [-0.2, 0) is 6.42 Å². The van der Waals surface area contributed by atoms with E-state index in [0.717, 1.165) is 12.8 Å². The Morgan fingerprint density at radius 1 is 1.36 bits per heavy atom. The van der Waals surface area contributed by atoms with Crippen LogP contribution in [0.2, 0.25) is 0 Å². The summed E-state index contributed by atoms with van der Waals surface area (Å²) in [5.74, 6) is 0.596. The molecule has 1 heteroatoms. The average Bonchev–Trinajstić information content (AvgIpc) is 2.14. The lowest BCUT2D eigenvalue weighted by atomic mass is 9.93. The second-order valence-corrected chi connectivity index (χ2v) is 4.73. The normalized spacial score (nSPS) is 15.1. The highest BCUT2D eigenvalue weighted by Crippen LogP contribution is 2.20. The van der Waals surface area contributed by atoms with E-state index in [4.69, 9.17) is 11.6 Å². The molecule has 78 valence electrons. The Hall–Kier alpha value is -0.490. The Labute approximate surface area is 92.3 Å². The first-order chi connectivity index (χ1) is 6.63. The van der Waals surface area contributed by atoms with Gasteiger partial charge in [0, 0.05) is 5.38 Å². The van der Waals surface area contributed by atoms with Crippen LogP contribution in [0.15, 0.2) is 24.3 Å². The molecular weight excluding hydrogens is 192 g/mol. The van der Waals surface area contributed by atoms with Gasteiger partial charge in [-0.05, 0) is 31.7 Å². The summed E-state index contributed by atoms with van der Waals surface area (Å²) in [6.07, 6.45) is 2.25. The van der Waals surface area contributed by atoms with Crippen molar-refractivity contribution >= 4 is 11.6 Å². The van der Waals surface area contributed by atoms with Crippen LogP contribution in [0.5, 0.6) is 0 Å². The van der Waals surface area contributed by atoms with Gasteiger partial charge in [0.05, 0.1) is 0 Å². The van der Waals surface area contributed by atoms with Crippen LogP contribution in [0.4, 0.5) is 0 Å². The molecule has 0 spiro atoms. The molecule has 2 unspecified atom stereocenters. The maximum absolute atomic E-state index is 6.13. The number of alkyl halides is 1. The van der Waals surface area contributed by atoms with Gasteiger partial charge < -0.3 is 0 Å². The van der Waals surface area contributed by atoms with Gasteiger partial charge >= 0.3 is 0 Å². The SMILES string of the molecule is CCC(Cc1cccc(C)c1)C(C)Cl. The van der Waals surface area contributed by atoms with E-state index in [1.165, 1.54) is 11.1 Å². The summed E-state index contributed by atoms with van der Waals surface area (Å²) in [5, 5.41) is 0.264. The van der Waals surface area contributed by atoms with Crippen molar-refractivity contribution in [1.29, 1.82) is 0 Å². The van der Waals surface area contributed by atoms with Crippen molar-refractivity contribution in [2.75, 3.05) is 0 Å². The molecule has 1 aromatic carbocycles. The lowest BCUT2D eigenvalue weighted by molar-refractivity contribution is 0.497. The molecule has 0 saturated carbocycles. The highest BCUT2D eigenvalue weighted by molar-refractivity contribution is 6.20. The molecule has 0 aliphatic carbocycles. The summed E-state index contributed by atoms with van der Waals surface area (Å²) < 4.78 is 0. The zero-order valence-corrected chi connectivity index (χ0v) is 10.0. The molecule has 0 fully saturated rings. The van der Waals surface area contributed by atoms with Crippen molar-refractivity contribution in [3.05, 3.63) is 35.4 Å². The molecule has 0 amide bonds. The van der Waals surface area contributed by atoms with Crippen molar-refractivity contribution in [3.8, 4) is 0 Å². The zero-order valence-electron chi connectivity index (χ0n) is 9.26. The zero-order chi connectivity index (χ0) is 10.6. The Morgan fingerprint density at radius 3 is 2.57 bits per heavy atom. The van der Waals surface area contributed by atoms with Gasteiger partial charge in [-0.25, -0.2) is 0 Å². The van der Waals surface area contributed by atoms with Crippen molar-refractivity contribution in [2.45, 2.75) is 39.0 Å². The smallest absolute Gasteiger partial charge is 0.0339 e. The molecule has 2 atom stereocenters. The van der Waals surface area contributed by atoms with Crippen LogP contribution in [-0.4, -0.2) is 5.38 Å². The summed E-state index contributed by atoms with van der Waals surface area (Å²) in [7, 11) is 0. The molecule has 0 saturated heterocycles. The number of halogens is 1. The van der Waals surface area contributed by atoms with Gasteiger partial charge in [0.2, 0.25) is 0 Å². The number of benzene rings is 1. The maximum Gasteiger partial charge on any atom is 0.0339 e. The first-order valence-corrected chi connectivity index (χ1v) is 5.76. The monoisotopic (exact) mass is 210 g/mol. The minimum Gasteiger partial charge on any atom is -0.123 e. The highest BCUT2D eigenvalue weighted by atomic mass is 35.5. The fraction of sp³-hybridized carbons (Fsp3) is 0.538. The molecule has 0 heterocycles. The molecule has 0 aliphatic heterocycles. The number of hydrogen-bond acceptors (Lipinski definition) is 0. The van der Waals surface area contributed by atoms with Gasteiger partial charge in [-0.1, -0.05) is 43.2 Å². The lowest BCUT2D eigenvalue weighted by Crippen LogP contribution is -2.13. The minimum absolute atomic E-state index is 0.264. The van der Waals surface area contributed by atoms with Gasteiger partial charge in [-0.2, -0.15) is 0 Å². The maximum atomic E-state index is 6.13. The van der Waals surface area contributed by atoms with Crippen LogP contribution in [0.1, 0.15) is 31.4 Å². The molecule has 0 nitrogen and oxygen atoms in total. The summed E-state index contributed by atoms with van der Waals surface area (Å²) in [5.41, 5.74) is 2.74. The third-order valence-electron chi connectivity index (χ3n) is 2.75. The Balaban J connectivity index is 2.67. The van der Waals surface area contributed by atoms with E-state index in [0.29, 0.717) is 5.92 Å². The van der Waals surface area contributed by atoms with Crippen molar-refractivity contribution in [2.24, 2.45) is 5.92 Å². The first-order valence-electron chi connectivity index (χ1n) is 5.33. The predicted molar refractivity (Wildman–Crippen MR) is 64.0 cm³/mol. The van der Waals surface area contributed by atoms with E-state index in [9.17, 15) is 0 Å². The Morgan fingerprint density at radius 2 is 2.07 bits per heavy atom. The van der Waals surface area contributed by atoms with Crippen molar-refractivity contribution in [1.82, 2.24) is 0 Å². The average molecular weight is 211 g/mol. The standard InChI is InChI=1S/C13H19Cl/c1-4-13(11(3)14)9-12-7-5-6-10(2)8-12/h5-8,11,13H,4,9H2,1-3H3. The van der Waals surface area contributed by atoms with Gasteiger partial charge in [0.15, 0.2) is 0 Å². The van der Waals surface area contributed by atoms with E-state index in [-0.39, 0.29) is 5.38 Å². The summed E-state index contributed by atoms with van der Waals surface area (Å²) in [4.78, 5) is 0. The Kier molecular flexibility index (Phi) is 4.47. The number of hydrogen-bond donors (Lipinski definition) is 0. The highest BCUT2D eigenvalue weighted by Gasteiger charge is 2.13. The predicted octanol–water partition coefficient (Wildman–Crippen LogP) is 4.19. The third-order valence-corrected chi connectivity index (χ3v) is 3.11. The molecule has 0 bridgehead atoms. The Bertz CT molecular complexity index is 278. The summed E-state index contributed by atoms with van der Waals surface area (Å²) >= 11 is 6.13. The second-order valence-electron chi connectivity index (χ2n) is 4.04. The van der Waals surface area contributed by atoms with E-state index in [2.05, 4.69) is 45.0 Å². The van der Waals surface area contributed by atoms with Crippen molar-refractivity contribution < 1.29 is 0 Å². The summed E-state index contributed by atoms with van der Waals surface area (Å²) in [6, 6.07) is 8.70. The molecular formula is C13H19Cl. The molecule has 0 radical (unpaired) electrons. The molecule has 14 heavy (non-hydrogen) atoms. The van der Waals surface area contributed by atoms with E-state index in [1.807, 2.05) is 0 Å². The van der Waals surface area contributed by atoms with Gasteiger partial charge in [-0.3, -0.25) is 0 Å². The van der Waals surface area contributed by atoms with E-state index >= 15 is 0 Å². The molecule has 0 N–H and O–H groups in total. The minimum atomic E-state index is 0.264. The lowest BCUT2D eigenvalue weighted by Gasteiger charge is -2.17. The van der Waals surface area contributed by atoms with E-state index < -0.39 is 0 Å². The molecule has 1 aromatic rings. The quantitative estimate of drug-likeness (QED) is 0.654. The topological polar surface area (TPSA) is 0 Å². The van der Waals surface area contributed by atoms with Crippen LogP contribution >= 0.6 is 11.6 Å². The van der Waals surface area contributed by atoms with Crippen LogP contribution in [0.3, 0.4) is 0 Å². The van der Waals surface area contributed by atoms with E-state index in [1.54, 1.807) is 0 Å². The number of rotatable bonds is 4. The molecule has 1 rings (SSSR count). The first kappa shape index (κ1) is 11.6. The van der Waals surface area contributed by atoms with Gasteiger partial charge in [0.25, 0.3) is 0 Å². The molecule has 0 aromatic heterocycles. The second kappa shape index (κ2) is 5.41. The third kappa shape index (κ3) is 3.34. The van der Waals surface area contributed by atoms with Gasteiger partial charge in [-0.15, -0.1) is 11.6 Å². The fourth-order valence-corrected chi connectivity index (χ4v) is 2.04.